The van der Waals surface area contributed by atoms with Gasteiger partial charge in [-0.05, 0) is 25.7 Å². The van der Waals surface area contributed by atoms with Crippen LogP contribution in [0.3, 0.4) is 0 Å². The van der Waals surface area contributed by atoms with Crippen LogP contribution in [-0.4, -0.2) is 30.2 Å². The van der Waals surface area contributed by atoms with Gasteiger partial charge in [0.05, 0.1) is 20.3 Å². The zero-order chi connectivity index (χ0) is 13.5. The molecule has 0 aliphatic rings. The second kappa shape index (κ2) is 7.03. The molecule has 5 nitrogen and oxygen atoms in total. The molecule has 1 unspecified atom stereocenters. The molecule has 0 fully saturated rings. The lowest BCUT2D eigenvalue weighted by Gasteiger charge is -2.15. The van der Waals surface area contributed by atoms with E-state index in [-0.39, 0.29) is 0 Å². The fourth-order valence-corrected chi connectivity index (χ4v) is 1.55. The first-order chi connectivity index (χ1) is 8.55. The van der Waals surface area contributed by atoms with Crippen LogP contribution < -0.4 is 14.8 Å². The van der Waals surface area contributed by atoms with E-state index in [1.54, 1.807) is 20.3 Å². The summed E-state index contributed by atoms with van der Waals surface area (Å²) in [7, 11) is 3.15. The fourth-order valence-electron chi connectivity index (χ4n) is 1.55. The van der Waals surface area contributed by atoms with Crippen molar-refractivity contribution in [2.75, 3.05) is 19.5 Å². The summed E-state index contributed by atoms with van der Waals surface area (Å²) >= 11 is 0. The minimum Gasteiger partial charge on any atom is -0.481 e. The Morgan fingerprint density at radius 1 is 1.06 bits per heavy atom. The zero-order valence-electron chi connectivity index (χ0n) is 11.9. The number of hydrogen-bond donors (Lipinski definition) is 1. The van der Waals surface area contributed by atoms with Gasteiger partial charge in [-0.3, -0.25) is 0 Å². The number of rotatable bonds is 7. The van der Waals surface area contributed by atoms with E-state index in [0.717, 1.165) is 6.42 Å². The van der Waals surface area contributed by atoms with Crippen molar-refractivity contribution in [1.82, 2.24) is 9.97 Å². The number of nitrogens with zero attached hydrogens (tertiary/aromatic N) is 2. The molecule has 0 aliphatic heterocycles. The van der Waals surface area contributed by atoms with E-state index in [9.17, 15) is 0 Å². The largest absolute Gasteiger partial charge is 0.481 e. The number of aromatic nitrogens is 2. The van der Waals surface area contributed by atoms with E-state index < -0.39 is 0 Å². The predicted octanol–water partition coefficient (Wildman–Crippen LogP) is 2.73. The first kappa shape index (κ1) is 14.5. The molecule has 5 heteroatoms. The summed E-state index contributed by atoms with van der Waals surface area (Å²) in [6, 6.07) is 1.98. The van der Waals surface area contributed by atoms with Crippen LogP contribution in [0.15, 0.2) is 6.07 Å². The third-order valence-corrected chi connectivity index (χ3v) is 2.65. The van der Waals surface area contributed by atoms with E-state index in [1.165, 1.54) is 6.42 Å². The highest BCUT2D eigenvalue weighted by Crippen LogP contribution is 2.18. The molecule has 0 aliphatic carbocycles. The van der Waals surface area contributed by atoms with Crippen molar-refractivity contribution < 1.29 is 9.47 Å². The van der Waals surface area contributed by atoms with Crippen molar-refractivity contribution in [2.24, 2.45) is 5.92 Å². The van der Waals surface area contributed by atoms with Gasteiger partial charge in [-0.25, -0.2) is 0 Å². The Morgan fingerprint density at radius 3 is 2.06 bits per heavy atom. The van der Waals surface area contributed by atoms with Gasteiger partial charge in [-0.2, -0.15) is 9.97 Å². The highest BCUT2D eigenvalue weighted by molar-refractivity contribution is 5.34. The zero-order valence-corrected chi connectivity index (χ0v) is 11.9. The summed E-state index contributed by atoms with van der Waals surface area (Å²) in [6.07, 6.45) is 2.26. The second-order valence-electron chi connectivity index (χ2n) is 4.79. The van der Waals surface area contributed by atoms with Gasteiger partial charge >= 0.3 is 0 Å². The molecule has 102 valence electrons. The molecule has 1 heterocycles. The maximum atomic E-state index is 5.11. The number of methoxy groups -OCH3 is 2. The van der Waals surface area contributed by atoms with Crippen LogP contribution in [0.25, 0.3) is 0 Å². The fraction of sp³-hybridized carbons (Fsp3) is 0.692. The van der Waals surface area contributed by atoms with Crippen molar-refractivity contribution in [1.29, 1.82) is 0 Å². The SMILES string of the molecule is COc1cc(OC)nc(NC(C)CCC(C)C)n1. The van der Waals surface area contributed by atoms with Crippen LogP contribution in [0.5, 0.6) is 11.8 Å². The molecular formula is C13H23N3O2. The standard InChI is InChI=1S/C13H23N3O2/c1-9(2)6-7-10(3)14-13-15-11(17-4)8-12(16-13)18-5/h8-10H,6-7H2,1-5H3,(H,14,15,16). The second-order valence-corrected chi connectivity index (χ2v) is 4.79. The number of hydrogen-bond acceptors (Lipinski definition) is 5. The van der Waals surface area contributed by atoms with Gasteiger partial charge in [0.1, 0.15) is 0 Å². The minimum atomic E-state index is 0.323. The van der Waals surface area contributed by atoms with Gasteiger partial charge in [0, 0.05) is 6.04 Å². The van der Waals surface area contributed by atoms with E-state index in [0.29, 0.717) is 29.7 Å². The highest BCUT2D eigenvalue weighted by atomic mass is 16.5. The summed E-state index contributed by atoms with van der Waals surface area (Å²) in [5, 5.41) is 3.26. The minimum absolute atomic E-state index is 0.323. The Balaban J connectivity index is 2.65. The van der Waals surface area contributed by atoms with E-state index in [4.69, 9.17) is 9.47 Å². The smallest absolute Gasteiger partial charge is 0.229 e. The van der Waals surface area contributed by atoms with Crippen molar-refractivity contribution in [3.05, 3.63) is 6.07 Å². The average molecular weight is 253 g/mol. The monoisotopic (exact) mass is 253 g/mol. The van der Waals surface area contributed by atoms with Gasteiger partial charge in [0.15, 0.2) is 0 Å². The van der Waals surface area contributed by atoms with Gasteiger partial charge in [0.2, 0.25) is 17.7 Å². The van der Waals surface area contributed by atoms with Gasteiger partial charge in [-0.1, -0.05) is 13.8 Å². The third-order valence-electron chi connectivity index (χ3n) is 2.65. The molecule has 1 aromatic rings. The molecule has 0 saturated carbocycles. The van der Waals surface area contributed by atoms with Gasteiger partial charge in [0.25, 0.3) is 0 Å². The normalized spacial score (nSPS) is 12.3. The highest BCUT2D eigenvalue weighted by Gasteiger charge is 2.09. The van der Waals surface area contributed by atoms with E-state index >= 15 is 0 Å². The molecule has 0 aromatic carbocycles. The van der Waals surface area contributed by atoms with E-state index in [2.05, 4.69) is 36.1 Å². The summed E-state index contributed by atoms with van der Waals surface area (Å²) in [5.74, 6) is 2.25. The molecule has 1 N–H and O–H groups in total. The quantitative estimate of drug-likeness (QED) is 0.809. The Morgan fingerprint density at radius 2 is 1.61 bits per heavy atom. The Kier molecular flexibility index (Phi) is 5.68. The number of ether oxygens (including phenoxy) is 2. The predicted molar refractivity (Wildman–Crippen MR) is 72.3 cm³/mol. The lowest BCUT2D eigenvalue weighted by Crippen LogP contribution is -2.18. The molecule has 0 saturated heterocycles. The van der Waals surface area contributed by atoms with Gasteiger partial charge < -0.3 is 14.8 Å². The Bertz CT molecular complexity index is 347. The van der Waals surface area contributed by atoms with Gasteiger partial charge in [-0.15, -0.1) is 0 Å². The Hall–Kier alpha value is -1.52. The van der Waals surface area contributed by atoms with Crippen molar-refractivity contribution >= 4 is 5.95 Å². The maximum absolute atomic E-state index is 5.11. The molecular weight excluding hydrogens is 230 g/mol. The molecule has 0 bridgehead atoms. The molecule has 1 aromatic heterocycles. The summed E-state index contributed by atoms with van der Waals surface area (Å²) in [6.45, 7) is 6.56. The van der Waals surface area contributed by atoms with Crippen molar-refractivity contribution in [2.45, 2.75) is 39.7 Å². The number of nitrogens with one attached hydrogen (secondary N) is 1. The molecule has 18 heavy (non-hydrogen) atoms. The van der Waals surface area contributed by atoms with Crippen LogP contribution in [0.4, 0.5) is 5.95 Å². The van der Waals surface area contributed by atoms with Crippen molar-refractivity contribution in [3.63, 3.8) is 0 Å². The first-order valence-corrected chi connectivity index (χ1v) is 6.28. The topological polar surface area (TPSA) is 56.3 Å². The van der Waals surface area contributed by atoms with Crippen LogP contribution in [0.2, 0.25) is 0 Å². The third kappa shape index (κ3) is 4.77. The molecule has 0 radical (unpaired) electrons. The molecule has 0 spiro atoms. The first-order valence-electron chi connectivity index (χ1n) is 6.28. The van der Waals surface area contributed by atoms with Crippen LogP contribution in [-0.2, 0) is 0 Å². The van der Waals surface area contributed by atoms with Crippen LogP contribution in [0.1, 0.15) is 33.6 Å². The van der Waals surface area contributed by atoms with Crippen LogP contribution in [0, 0.1) is 5.92 Å². The summed E-state index contributed by atoms with van der Waals surface area (Å²) < 4.78 is 10.2. The lowest BCUT2D eigenvalue weighted by atomic mass is 10.0. The maximum Gasteiger partial charge on any atom is 0.229 e. The molecule has 0 amide bonds. The summed E-state index contributed by atoms with van der Waals surface area (Å²) in [4.78, 5) is 8.48. The average Bonchev–Trinajstić information content (AvgIpc) is 2.35. The molecule has 1 atom stereocenters. The Labute approximate surface area is 109 Å². The summed E-state index contributed by atoms with van der Waals surface area (Å²) in [5.41, 5.74) is 0. The van der Waals surface area contributed by atoms with Crippen LogP contribution >= 0.6 is 0 Å². The molecule has 1 rings (SSSR count). The van der Waals surface area contributed by atoms with E-state index in [1.807, 2.05) is 0 Å². The lowest BCUT2D eigenvalue weighted by molar-refractivity contribution is 0.372. The van der Waals surface area contributed by atoms with Crippen molar-refractivity contribution in [3.8, 4) is 11.8 Å². The number of anilines is 1.